The summed E-state index contributed by atoms with van der Waals surface area (Å²) in [6, 6.07) is 0. The van der Waals surface area contributed by atoms with Gasteiger partial charge < -0.3 is 9.42 Å². The summed E-state index contributed by atoms with van der Waals surface area (Å²) < 4.78 is 29.4. The van der Waals surface area contributed by atoms with E-state index in [-0.39, 0.29) is 11.8 Å². The molecule has 0 unspecified atom stereocenters. The first-order valence-electron chi connectivity index (χ1n) is 7.82. The summed E-state index contributed by atoms with van der Waals surface area (Å²) >= 11 is 0. The van der Waals surface area contributed by atoms with Gasteiger partial charge in [-0.25, -0.2) is 8.42 Å². The van der Waals surface area contributed by atoms with E-state index >= 15 is 0 Å². The summed E-state index contributed by atoms with van der Waals surface area (Å²) in [5, 5.41) is 3.89. The van der Waals surface area contributed by atoms with Gasteiger partial charge in [0.25, 0.3) is 0 Å². The Bertz CT molecular complexity index is 633. The molecule has 0 atom stereocenters. The van der Waals surface area contributed by atoms with Crippen LogP contribution < -0.4 is 0 Å². The molecule has 1 aliphatic rings. The maximum Gasteiger partial charge on any atom is 0.226 e. The van der Waals surface area contributed by atoms with Crippen LogP contribution in [0.3, 0.4) is 0 Å². The van der Waals surface area contributed by atoms with Gasteiger partial charge in [0.15, 0.2) is 5.82 Å². The molecule has 2 rings (SSSR count). The largest absolute Gasteiger partial charge is 0.340 e. The molecule has 1 aromatic heterocycles. The predicted molar refractivity (Wildman–Crippen MR) is 84.3 cm³/mol. The van der Waals surface area contributed by atoms with Crippen molar-refractivity contribution >= 4 is 15.9 Å². The highest BCUT2D eigenvalue weighted by Gasteiger charge is 2.25. The van der Waals surface area contributed by atoms with E-state index in [2.05, 4.69) is 10.1 Å². The van der Waals surface area contributed by atoms with Crippen molar-refractivity contribution in [3.05, 3.63) is 11.7 Å². The van der Waals surface area contributed by atoms with Crippen LogP contribution >= 0.6 is 0 Å². The molecule has 2 heterocycles. The van der Waals surface area contributed by atoms with Crippen molar-refractivity contribution in [2.45, 2.75) is 39.0 Å². The molecule has 0 saturated carbocycles. The van der Waals surface area contributed by atoms with Gasteiger partial charge in [0.1, 0.15) is 0 Å². The zero-order valence-electron chi connectivity index (χ0n) is 13.9. The second-order valence-corrected chi connectivity index (χ2v) is 8.08. The van der Waals surface area contributed by atoms with E-state index in [1.165, 1.54) is 10.6 Å². The van der Waals surface area contributed by atoms with Crippen LogP contribution in [0.2, 0.25) is 0 Å². The average Bonchev–Trinajstić information content (AvgIpc) is 2.95. The minimum absolute atomic E-state index is 0.0433. The van der Waals surface area contributed by atoms with Crippen molar-refractivity contribution in [3.63, 3.8) is 0 Å². The fourth-order valence-corrected chi connectivity index (χ4v) is 3.25. The molecule has 1 aromatic rings. The van der Waals surface area contributed by atoms with Gasteiger partial charge in [-0.1, -0.05) is 19.0 Å². The minimum atomic E-state index is -3.17. The molecular formula is C14H24N4O4S. The fraction of sp³-hybridized carbons (Fsp3) is 0.786. The smallest absolute Gasteiger partial charge is 0.226 e. The van der Waals surface area contributed by atoms with Crippen LogP contribution in [0, 0.1) is 0 Å². The Kier molecular flexibility index (Phi) is 5.74. The van der Waals surface area contributed by atoms with Gasteiger partial charge in [-0.05, 0) is 6.42 Å². The molecule has 1 fully saturated rings. The van der Waals surface area contributed by atoms with Crippen LogP contribution in [-0.4, -0.2) is 66.1 Å². The lowest BCUT2D eigenvalue weighted by Gasteiger charge is -2.33. The Labute approximate surface area is 136 Å². The molecule has 0 N–H and O–H groups in total. The lowest BCUT2D eigenvalue weighted by atomic mass is 10.2. The third kappa shape index (κ3) is 5.00. The molecule has 1 amide bonds. The maximum atomic E-state index is 12.1. The number of aryl methyl sites for hydroxylation is 1. The van der Waals surface area contributed by atoms with E-state index in [9.17, 15) is 13.2 Å². The van der Waals surface area contributed by atoms with Gasteiger partial charge in [0.2, 0.25) is 21.8 Å². The minimum Gasteiger partial charge on any atom is -0.340 e. The van der Waals surface area contributed by atoms with Crippen molar-refractivity contribution in [1.82, 2.24) is 19.3 Å². The highest BCUT2D eigenvalue weighted by atomic mass is 32.2. The first-order valence-corrected chi connectivity index (χ1v) is 9.67. The van der Waals surface area contributed by atoms with Crippen molar-refractivity contribution in [2.75, 3.05) is 32.4 Å². The van der Waals surface area contributed by atoms with E-state index in [1.54, 1.807) is 4.90 Å². The summed E-state index contributed by atoms with van der Waals surface area (Å²) in [7, 11) is -3.17. The summed E-state index contributed by atoms with van der Waals surface area (Å²) in [5.41, 5.74) is 0. The van der Waals surface area contributed by atoms with Gasteiger partial charge in [-0.3, -0.25) is 4.79 Å². The third-order valence-corrected chi connectivity index (χ3v) is 5.15. The second kappa shape index (κ2) is 7.39. The summed E-state index contributed by atoms with van der Waals surface area (Å²) in [6.07, 6.45) is 2.82. The van der Waals surface area contributed by atoms with Gasteiger partial charge in [-0.2, -0.15) is 9.29 Å². The SMILES string of the molecule is CC(C)c1noc(CCCC(=O)N2CCN(S(C)(=O)=O)CC2)n1. The monoisotopic (exact) mass is 344 g/mol. The van der Waals surface area contributed by atoms with Gasteiger partial charge in [-0.15, -0.1) is 0 Å². The van der Waals surface area contributed by atoms with Crippen LogP contribution in [0.4, 0.5) is 0 Å². The molecular weight excluding hydrogens is 320 g/mol. The number of carbonyl (C=O) groups excluding carboxylic acids is 1. The number of hydrogen-bond donors (Lipinski definition) is 0. The Morgan fingerprint density at radius 1 is 1.26 bits per heavy atom. The van der Waals surface area contributed by atoms with Gasteiger partial charge in [0, 0.05) is 44.9 Å². The lowest BCUT2D eigenvalue weighted by Crippen LogP contribution is -2.50. The number of amides is 1. The van der Waals surface area contributed by atoms with E-state index in [1.807, 2.05) is 13.8 Å². The van der Waals surface area contributed by atoms with Gasteiger partial charge in [0.05, 0.1) is 6.26 Å². The van der Waals surface area contributed by atoms with Crippen LogP contribution in [0.5, 0.6) is 0 Å². The standard InChI is InChI=1S/C14H24N4O4S/c1-11(2)14-15-12(22-16-14)5-4-6-13(19)17-7-9-18(10-8-17)23(3,20)21/h11H,4-10H2,1-3H3. The molecule has 130 valence electrons. The number of aromatic nitrogens is 2. The molecule has 23 heavy (non-hydrogen) atoms. The molecule has 0 bridgehead atoms. The number of nitrogens with zero attached hydrogens (tertiary/aromatic N) is 4. The highest BCUT2D eigenvalue weighted by molar-refractivity contribution is 7.88. The van der Waals surface area contributed by atoms with E-state index in [4.69, 9.17) is 4.52 Å². The maximum absolute atomic E-state index is 12.1. The third-order valence-electron chi connectivity index (χ3n) is 3.84. The zero-order valence-corrected chi connectivity index (χ0v) is 14.7. The molecule has 0 aliphatic carbocycles. The zero-order chi connectivity index (χ0) is 17.0. The molecule has 0 radical (unpaired) electrons. The van der Waals surface area contributed by atoms with E-state index in [0.29, 0.717) is 57.2 Å². The fourth-order valence-electron chi connectivity index (χ4n) is 2.42. The first-order chi connectivity index (χ1) is 10.8. The molecule has 1 aliphatic heterocycles. The van der Waals surface area contributed by atoms with Crippen LogP contribution in [0.15, 0.2) is 4.52 Å². The summed E-state index contributed by atoms with van der Waals surface area (Å²) in [6.45, 7) is 5.62. The number of hydrogen-bond acceptors (Lipinski definition) is 6. The van der Waals surface area contributed by atoms with Crippen molar-refractivity contribution in [3.8, 4) is 0 Å². The second-order valence-electron chi connectivity index (χ2n) is 6.10. The molecule has 8 nitrogen and oxygen atoms in total. The normalized spacial score (nSPS) is 17.0. The predicted octanol–water partition coefficient (Wildman–Crippen LogP) is 0.620. The Hall–Kier alpha value is -1.48. The van der Waals surface area contributed by atoms with Crippen LogP contribution in [0.1, 0.15) is 44.3 Å². The molecule has 9 heteroatoms. The topological polar surface area (TPSA) is 96.6 Å². The molecule has 0 aromatic carbocycles. The lowest BCUT2D eigenvalue weighted by molar-refractivity contribution is -0.132. The number of piperazine rings is 1. The first kappa shape index (κ1) is 17.9. The summed E-state index contributed by atoms with van der Waals surface area (Å²) in [4.78, 5) is 18.1. The van der Waals surface area contributed by atoms with Crippen LogP contribution in [-0.2, 0) is 21.2 Å². The Morgan fingerprint density at radius 2 is 1.91 bits per heavy atom. The molecule has 1 saturated heterocycles. The van der Waals surface area contributed by atoms with Crippen molar-refractivity contribution in [2.24, 2.45) is 0 Å². The van der Waals surface area contributed by atoms with Gasteiger partial charge >= 0.3 is 0 Å². The Balaban J connectivity index is 1.73. The molecule has 0 spiro atoms. The van der Waals surface area contributed by atoms with E-state index < -0.39 is 10.0 Å². The summed E-state index contributed by atoms with van der Waals surface area (Å²) in [5.74, 6) is 1.51. The average molecular weight is 344 g/mol. The quantitative estimate of drug-likeness (QED) is 0.750. The van der Waals surface area contributed by atoms with E-state index in [0.717, 1.165) is 0 Å². The van der Waals surface area contributed by atoms with Crippen molar-refractivity contribution < 1.29 is 17.7 Å². The Morgan fingerprint density at radius 3 is 2.43 bits per heavy atom. The van der Waals surface area contributed by atoms with Crippen LogP contribution in [0.25, 0.3) is 0 Å². The van der Waals surface area contributed by atoms with Crippen molar-refractivity contribution in [1.29, 1.82) is 0 Å². The number of rotatable bonds is 6. The number of sulfonamides is 1. The highest BCUT2D eigenvalue weighted by Crippen LogP contribution is 2.12. The number of carbonyl (C=O) groups is 1.